The summed E-state index contributed by atoms with van der Waals surface area (Å²) in [6.07, 6.45) is 5.73. The summed E-state index contributed by atoms with van der Waals surface area (Å²) in [6.45, 7) is 3.29. The van der Waals surface area contributed by atoms with Crippen LogP contribution in [0.25, 0.3) is 10.9 Å². The maximum atomic E-state index is 5.61. The Morgan fingerprint density at radius 3 is 2.83 bits per heavy atom. The van der Waals surface area contributed by atoms with Crippen molar-refractivity contribution < 1.29 is 4.74 Å². The van der Waals surface area contributed by atoms with Gasteiger partial charge in [0.15, 0.2) is 5.96 Å². The van der Waals surface area contributed by atoms with Crippen LogP contribution in [0.1, 0.15) is 18.4 Å². The molecule has 2 aromatic rings. The van der Waals surface area contributed by atoms with Gasteiger partial charge in [0, 0.05) is 43.8 Å². The van der Waals surface area contributed by atoms with Crippen LogP contribution in [0.3, 0.4) is 0 Å². The van der Waals surface area contributed by atoms with Gasteiger partial charge >= 0.3 is 0 Å². The first-order chi connectivity index (χ1) is 11.4. The van der Waals surface area contributed by atoms with Crippen LogP contribution < -0.4 is 10.6 Å². The minimum Gasteiger partial charge on any atom is -0.379 e. The van der Waals surface area contributed by atoms with E-state index in [4.69, 9.17) is 4.74 Å². The van der Waals surface area contributed by atoms with Crippen molar-refractivity contribution in [2.75, 3.05) is 33.4 Å². The van der Waals surface area contributed by atoms with Gasteiger partial charge in [0.25, 0.3) is 0 Å². The molecule has 1 saturated carbocycles. The van der Waals surface area contributed by atoms with E-state index in [1.54, 1.807) is 7.05 Å². The highest BCUT2D eigenvalue weighted by Gasteiger charge is 2.20. The number of hydrogen-bond donors (Lipinski definition) is 3. The number of fused-ring (bicyclic) bond motifs is 1. The molecule has 1 aromatic carbocycles. The van der Waals surface area contributed by atoms with Crippen LogP contribution in [-0.2, 0) is 11.2 Å². The third-order valence-electron chi connectivity index (χ3n) is 4.17. The molecule has 3 rings (SSSR count). The Bertz CT molecular complexity index is 651. The van der Waals surface area contributed by atoms with Crippen LogP contribution in [0.4, 0.5) is 0 Å². The number of nitrogens with zero attached hydrogens (tertiary/aromatic N) is 1. The molecule has 1 aliphatic rings. The summed E-state index contributed by atoms with van der Waals surface area (Å²) >= 11 is 0. The molecule has 6 heteroatoms. The lowest BCUT2D eigenvalue weighted by Crippen LogP contribution is -2.39. The molecule has 1 aromatic heterocycles. The lowest BCUT2D eigenvalue weighted by molar-refractivity contribution is 0.129. The van der Waals surface area contributed by atoms with Crippen LogP contribution >= 0.6 is 24.0 Å². The fraction of sp³-hybridized carbons (Fsp3) is 0.500. The summed E-state index contributed by atoms with van der Waals surface area (Å²) in [5.74, 6) is 1.66. The maximum Gasteiger partial charge on any atom is 0.191 e. The van der Waals surface area contributed by atoms with E-state index in [-0.39, 0.29) is 24.0 Å². The summed E-state index contributed by atoms with van der Waals surface area (Å²) in [5, 5.41) is 7.94. The minimum atomic E-state index is 0. The predicted molar refractivity (Wildman–Crippen MR) is 110 cm³/mol. The molecule has 0 saturated heterocycles. The molecule has 24 heavy (non-hydrogen) atoms. The average Bonchev–Trinajstić information content (AvgIpc) is 3.32. The summed E-state index contributed by atoms with van der Waals surface area (Å²) in [6, 6.07) is 8.40. The number of halogens is 1. The second-order valence-corrected chi connectivity index (χ2v) is 6.05. The minimum absolute atomic E-state index is 0. The second-order valence-electron chi connectivity index (χ2n) is 6.05. The molecule has 0 unspecified atom stereocenters. The third kappa shape index (κ3) is 5.66. The van der Waals surface area contributed by atoms with Crippen molar-refractivity contribution in [1.82, 2.24) is 15.6 Å². The molecule has 0 spiro atoms. The van der Waals surface area contributed by atoms with E-state index in [9.17, 15) is 0 Å². The Labute approximate surface area is 160 Å². The Balaban J connectivity index is 0.00000208. The van der Waals surface area contributed by atoms with Gasteiger partial charge in [0.05, 0.1) is 6.61 Å². The quantitative estimate of drug-likeness (QED) is 0.255. The summed E-state index contributed by atoms with van der Waals surface area (Å²) in [5.41, 5.74) is 2.52. The first kappa shape index (κ1) is 19.1. The van der Waals surface area contributed by atoms with Crippen molar-refractivity contribution in [2.45, 2.75) is 19.3 Å². The number of benzene rings is 1. The van der Waals surface area contributed by atoms with E-state index in [1.165, 1.54) is 29.3 Å². The van der Waals surface area contributed by atoms with Crippen molar-refractivity contribution in [2.24, 2.45) is 10.9 Å². The highest BCUT2D eigenvalue weighted by atomic mass is 127. The zero-order chi connectivity index (χ0) is 15.9. The third-order valence-corrected chi connectivity index (χ3v) is 4.17. The largest absolute Gasteiger partial charge is 0.379 e. The monoisotopic (exact) mass is 442 g/mol. The highest BCUT2D eigenvalue weighted by Crippen LogP contribution is 2.28. The van der Waals surface area contributed by atoms with Gasteiger partial charge in [0.2, 0.25) is 0 Å². The standard InChI is InChI=1S/C18H26N4O.HI/c1-19-18(21-10-11-23-13-14-6-7-14)20-9-8-15-12-22-17-5-3-2-4-16(15)17;/h2-5,12,14,22H,6-11,13H2,1H3,(H2,19,20,21);1H. The van der Waals surface area contributed by atoms with Gasteiger partial charge in [-0.15, -0.1) is 24.0 Å². The van der Waals surface area contributed by atoms with E-state index in [2.05, 4.69) is 51.1 Å². The van der Waals surface area contributed by atoms with Crippen molar-refractivity contribution in [3.05, 3.63) is 36.0 Å². The molecule has 3 N–H and O–H groups in total. The van der Waals surface area contributed by atoms with Crippen LogP contribution in [0.15, 0.2) is 35.5 Å². The zero-order valence-electron chi connectivity index (χ0n) is 14.2. The van der Waals surface area contributed by atoms with E-state index < -0.39 is 0 Å². The fourth-order valence-corrected chi connectivity index (χ4v) is 2.65. The molecular formula is C18H27IN4O. The van der Waals surface area contributed by atoms with E-state index >= 15 is 0 Å². The summed E-state index contributed by atoms with van der Waals surface area (Å²) in [7, 11) is 1.80. The number of guanidine groups is 1. The second kappa shape index (κ2) is 9.88. The van der Waals surface area contributed by atoms with Gasteiger partial charge in [-0.3, -0.25) is 4.99 Å². The number of nitrogens with one attached hydrogen (secondary N) is 3. The molecular weight excluding hydrogens is 415 g/mol. The zero-order valence-corrected chi connectivity index (χ0v) is 16.5. The molecule has 1 fully saturated rings. The number of aromatic amines is 1. The van der Waals surface area contributed by atoms with Gasteiger partial charge in [-0.25, -0.2) is 0 Å². The number of aliphatic imine (C=N–C) groups is 1. The van der Waals surface area contributed by atoms with Gasteiger partial charge in [-0.2, -0.15) is 0 Å². The molecule has 0 bridgehead atoms. The van der Waals surface area contributed by atoms with Gasteiger partial charge in [-0.05, 0) is 36.8 Å². The van der Waals surface area contributed by atoms with Crippen LogP contribution in [0.5, 0.6) is 0 Å². The molecule has 0 atom stereocenters. The number of hydrogen-bond acceptors (Lipinski definition) is 2. The Morgan fingerprint density at radius 2 is 2.04 bits per heavy atom. The SMILES string of the molecule is CN=C(NCCOCC1CC1)NCCc1c[nH]c2ccccc12.I. The molecule has 0 aliphatic heterocycles. The Hall–Kier alpha value is -1.28. The molecule has 1 aliphatic carbocycles. The molecule has 5 nitrogen and oxygen atoms in total. The topological polar surface area (TPSA) is 61.4 Å². The number of para-hydroxylation sites is 1. The van der Waals surface area contributed by atoms with E-state index in [1.807, 2.05) is 0 Å². The predicted octanol–water partition coefficient (Wildman–Crippen LogP) is 2.92. The molecule has 0 radical (unpaired) electrons. The average molecular weight is 442 g/mol. The molecule has 132 valence electrons. The number of aromatic nitrogens is 1. The number of H-pyrrole nitrogens is 1. The molecule has 1 heterocycles. The summed E-state index contributed by atoms with van der Waals surface area (Å²) < 4.78 is 5.61. The van der Waals surface area contributed by atoms with Crippen molar-refractivity contribution in [3.8, 4) is 0 Å². The Morgan fingerprint density at radius 1 is 1.25 bits per heavy atom. The number of ether oxygens (including phenoxy) is 1. The van der Waals surface area contributed by atoms with Gasteiger partial charge < -0.3 is 20.4 Å². The van der Waals surface area contributed by atoms with Gasteiger partial charge in [-0.1, -0.05) is 18.2 Å². The molecule has 0 amide bonds. The summed E-state index contributed by atoms with van der Waals surface area (Å²) in [4.78, 5) is 7.56. The van der Waals surface area contributed by atoms with E-state index in [0.717, 1.165) is 44.6 Å². The smallest absolute Gasteiger partial charge is 0.191 e. The number of rotatable bonds is 8. The first-order valence-electron chi connectivity index (χ1n) is 8.44. The lowest BCUT2D eigenvalue weighted by atomic mass is 10.1. The highest BCUT2D eigenvalue weighted by molar-refractivity contribution is 14.0. The van der Waals surface area contributed by atoms with Crippen molar-refractivity contribution >= 4 is 40.8 Å². The van der Waals surface area contributed by atoms with Crippen LogP contribution in [0.2, 0.25) is 0 Å². The normalized spacial score (nSPS) is 14.5. The lowest BCUT2D eigenvalue weighted by Gasteiger charge is -2.11. The first-order valence-corrected chi connectivity index (χ1v) is 8.44. The van der Waals surface area contributed by atoms with E-state index in [0.29, 0.717) is 0 Å². The van der Waals surface area contributed by atoms with Crippen LogP contribution in [-0.4, -0.2) is 44.3 Å². The van der Waals surface area contributed by atoms with Crippen molar-refractivity contribution in [3.63, 3.8) is 0 Å². The maximum absolute atomic E-state index is 5.61. The van der Waals surface area contributed by atoms with Gasteiger partial charge in [0.1, 0.15) is 0 Å². The van der Waals surface area contributed by atoms with Crippen molar-refractivity contribution in [1.29, 1.82) is 0 Å². The Kier molecular flexibility index (Phi) is 7.84. The fourth-order valence-electron chi connectivity index (χ4n) is 2.65. The van der Waals surface area contributed by atoms with Crippen LogP contribution in [0, 0.1) is 5.92 Å².